The summed E-state index contributed by atoms with van der Waals surface area (Å²) >= 11 is 0. The maximum Gasteiger partial charge on any atom is 0.316 e. The molecule has 12 heteroatoms. The van der Waals surface area contributed by atoms with Crippen molar-refractivity contribution in [2.75, 3.05) is 20.6 Å². The molecule has 0 bridgehead atoms. The van der Waals surface area contributed by atoms with Gasteiger partial charge in [-0.1, -0.05) is 54.0 Å². The summed E-state index contributed by atoms with van der Waals surface area (Å²) in [4.78, 5) is 80.4. The van der Waals surface area contributed by atoms with Crippen LogP contribution in [0.1, 0.15) is 60.8 Å². The van der Waals surface area contributed by atoms with Crippen molar-refractivity contribution in [3.63, 3.8) is 0 Å². The number of amides is 6. The first kappa shape index (κ1) is 32.1. The molecule has 3 aliphatic rings. The minimum Gasteiger partial charge on any atom is -0.363 e. The Morgan fingerprint density at radius 3 is 2.10 bits per heavy atom. The molecule has 41 heavy (non-hydrogen) atoms. The highest BCUT2D eigenvalue weighted by Gasteiger charge is 2.70. The molecular formula is C29H46N6O6. The van der Waals surface area contributed by atoms with Crippen LogP contribution in [-0.2, 0) is 24.0 Å². The Kier molecular flexibility index (Phi) is 8.95. The van der Waals surface area contributed by atoms with E-state index in [1.54, 1.807) is 41.8 Å². The van der Waals surface area contributed by atoms with Gasteiger partial charge in [-0.25, -0.2) is 4.79 Å². The van der Waals surface area contributed by atoms with E-state index < -0.39 is 59.1 Å². The van der Waals surface area contributed by atoms with E-state index in [1.807, 2.05) is 13.8 Å². The van der Waals surface area contributed by atoms with Crippen LogP contribution in [-0.4, -0.2) is 90.1 Å². The number of nitrogens with zero attached hydrogens (tertiary/aromatic N) is 2. The maximum atomic E-state index is 14.1. The van der Waals surface area contributed by atoms with E-state index in [1.165, 1.54) is 9.80 Å². The Labute approximate surface area is 242 Å². The lowest BCUT2D eigenvalue weighted by molar-refractivity contribution is -0.145. The number of primary amides is 1. The Hall–Kier alpha value is -3.44. The van der Waals surface area contributed by atoms with Crippen molar-refractivity contribution >= 4 is 35.4 Å². The van der Waals surface area contributed by atoms with Crippen LogP contribution in [0, 0.1) is 28.6 Å². The molecule has 1 heterocycles. The van der Waals surface area contributed by atoms with Crippen molar-refractivity contribution in [1.82, 2.24) is 25.8 Å². The standard InChI is InChI=1S/C29H46N6O6/c1-14(2)19(25(39)34(8)9)32-27(41)33-22(28(3,4)5)26(40)35-13-16-18(29(16,6)7)20(35)24(38)31-17(12-15-10-11-15)21(36)23(30)37/h15-20,22H,1,10-13H2,2-9H3,(H2,30,37)(H,31,38)(H2,32,33,41)/t16-,17?,18-,19-,20-,22+/m0/s1. The quantitative estimate of drug-likeness (QED) is 0.207. The van der Waals surface area contributed by atoms with E-state index in [4.69, 9.17) is 5.73 Å². The van der Waals surface area contributed by atoms with Crippen molar-refractivity contribution in [2.45, 2.75) is 85.0 Å². The lowest BCUT2D eigenvalue weighted by Gasteiger charge is -2.38. The number of urea groups is 1. The van der Waals surface area contributed by atoms with Gasteiger partial charge in [0.1, 0.15) is 18.1 Å². The van der Waals surface area contributed by atoms with E-state index in [2.05, 4.69) is 22.5 Å². The van der Waals surface area contributed by atoms with Gasteiger partial charge in [0.2, 0.25) is 23.5 Å². The third kappa shape index (κ3) is 6.90. The fourth-order valence-corrected chi connectivity index (χ4v) is 5.93. The molecule has 6 amide bonds. The first-order valence-electron chi connectivity index (χ1n) is 14.2. The fraction of sp³-hybridized carbons (Fsp3) is 0.724. The number of hydrogen-bond donors (Lipinski definition) is 4. The average molecular weight is 575 g/mol. The van der Waals surface area contributed by atoms with Gasteiger partial charge in [0.05, 0.1) is 6.04 Å². The summed E-state index contributed by atoms with van der Waals surface area (Å²) in [5, 5.41) is 8.08. The second-order valence-electron chi connectivity index (χ2n) is 13.8. The van der Waals surface area contributed by atoms with E-state index in [0.717, 1.165) is 12.8 Å². The number of carbonyl (C=O) groups is 6. The van der Waals surface area contributed by atoms with E-state index in [9.17, 15) is 28.8 Å². The zero-order valence-corrected chi connectivity index (χ0v) is 25.5. The Morgan fingerprint density at radius 2 is 1.63 bits per heavy atom. The van der Waals surface area contributed by atoms with Crippen LogP contribution in [0.25, 0.3) is 0 Å². The summed E-state index contributed by atoms with van der Waals surface area (Å²) in [6.07, 6.45) is 2.16. The van der Waals surface area contributed by atoms with Gasteiger partial charge in [-0.2, -0.15) is 0 Å². The third-order valence-corrected chi connectivity index (χ3v) is 8.75. The van der Waals surface area contributed by atoms with Gasteiger partial charge >= 0.3 is 6.03 Å². The largest absolute Gasteiger partial charge is 0.363 e. The first-order chi connectivity index (χ1) is 18.8. The number of likely N-dealkylation sites (N-methyl/N-ethyl adjacent to an activating group) is 1. The van der Waals surface area contributed by atoms with Crippen LogP contribution >= 0.6 is 0 Å². The molecule has 0 radical (unpaired) electrons. The van der Waals surface area contributed by atoms with Gasteiger partial charge in [-0.15, -0.1) is 0 Å². The smallest absolute Gasteiger partial charge is 0.316 e. The SMILES string of the molecule is C=C(C)[C@H](NC(=O)N[C@H](C(=O)N1C[C@H]2[C@@H]([C@H]1C(=O)NC(CC1CC1)C(=O)C(N)=O)C2(C)C)C(C)(C)C)C(=O)N(C)C. The molecule has 3 rings (SSSR count). The number of Topliss-reactive ketones (excluding diaryl/α,β-unsaturated/α-hetero) is 1. The topological polar surface area (TPSA) is 171 Å². The molecule has 3 fully saturated rings. The summed E-state index contributed by atoms with van der Waals surface area (Å²) in [5.74, 6) is -3.11. The minimum atomic E-state index is -1.11. The molecule has 0 aromatic heterocycles. The summed E-state index contributed by atoms with van der Waals surface area (Å²) < 4.78 is 0. The van der Waals surface area contributed by atoms with Crippen molar-refractivity contribution < 1.29 is 28.8 Å². The van der Waals surface area contributed by atoms with Crippen LogP contribution in [0.5, 0.6) is 0 Å². The predicted octanol–water partition coefficient (Wildman–Crippen LogP) is 0.556. The summed E-state index contributed by atoms with van der Waals surface area (Å²) in [6, 6.07) is -4.65. The Balaban J connectivity index is 1.83. The van der Waals surface area contributed by atoms with Crippen LogP contribution in [0.15, 0.2) is 12.2 Å². The van der Waals surface area contributed by atoms with Gasteiger partial charge in [0, 0.05) is 20.6 Å². The van der Waals surface area contributed by atoms with Crippen LogP contribution in [0.2, 0.25) is 0 Å². The molecule has 1 unspecified atom stereocenters. The molecule has 228 valence electrons. The molecule has 2 aliphatic carbocycles. The van der Waals surface area contributed by atoms with Crippen molar-refractivity contribution in [3.8, 4) is 0 Å². The third-order valence-electron chi connectivity index (χ3n) is 8.75. The Morgan fingerprint density at radius 1 is 1.05 bits per heavy atom. The molecule has 0 aromatic rings. The monoisotopic (exact) mass is 574 g/mol. The highest BCUT2D eigenvalue weighted by molar-refractivity contribution is 6.37. The van der Waals surface area contributed by atoms with Crippen molar-refractivity contribution in [2.24, 2.45) is 34.3 Å². The second-order valence-corrected chi connectivity index (χ2v) is 13.8. The summed E-state index contributed by atoms with van der Waals surface area (Å²) in [5.41, 5.74) is 4.75. The zero-order chi connectivity index (χ0) is 31.2. The van der Waals surface area contributed by atoms with Gasteiger partial charge in [0.15, 0.2) is 0 Å². The Bertz CT molecular complexity index is 1140. The van der Waals surface area contributed by atoms with Gasteiger partial charge in [0.25, 0.3) is 5.91 Å². The van der Waals surface area contributed by atoms with E-state index in [-0.39, 0.29) is 29.1 Å². The van der Waals surface area contributed by atoms with Crippen molar-refractivity contribution in [3.05, 3.63) is 12.2 Å². The molecule has 12 nitrogen and oxygen atoms in total. The number of nitrogens with one attached hydrogen (secondary N) is 3. The highest BCUT2D eigenvalue weighted by atomic mass is 16.2. The number of carbonyl (C=O) groups excluding carboxylic acids is 6. The van der Waals surface area contributed by atoms with E-state index in [0.29, 0.717) is 18.5 Å². The van der Waals surface area contributed by atoms with Crippen molar-refractivity contribution in [1.29, 1.82) is 0 Å². The normalized spacial score (nSPS) is 24.7. The number of likely N-dealkylation sites (tertiary alicyclic amines) is 1. The lowest BCUT2D eigenvalue weighted by Crippen LogP contribution is -2.62. The van der Waals surface area contributed by atoms with Gasteiger partial charge in [-0.05, 0) is 47.5 Å². The number of fused-ring (bicyclic) bond motifs is 1. The molecule has 0 spiro atoms. The maximum absolute atomic E-state index is 14.1. The number of hydrogen-bond acceptors (Lipinski definition) is 6. The number of rotatable bonds is 11. The molecule has 1 aliphatic heterocycles. The molecule has 0 aromatic carbocycles. The second kappa shape index (κ2) is 11.4. The predicted molar refractivity (Wildman–Crippen MR) is 152 cm³/mol. The molecule has 6 atom stereocenters. The lowest BCUT2D eigenvalue weighted by atomic mass is 9.85. The first-order valence-corrected chi connectivity index (χ1v) is 14.2. The number of piperidine rings is 1. The number of nitrogens with two attached hydrogens (primary N) is 1. The average Bonchev–Trinajstić information content (AvgIpc) is 3.70. The van der Waals surface area contributed by atoms with Gasteiger partial charge < -0.3 is 31.5 Å². The fourth-order valence-electron chi connectivity index (χ4n) is 5.93. The molecule has 2 saturated carbocycles. The summed E-state index contributed by atoms with van der Waals surface area (Å²) in [6.45, 7) is 15.2. The molecular weight excluding hydrogens is 528 g/mol. The highest BCUT2D eigenvalue weighted by Crippen LogP contribution is 2.65. The van der Waals surface area contributed by atoms with Crippen LogP contribution in [0.4, 0.5) is 4.79 Å². The summed E-state index contributed by atoms with van der Waals surface area (Å²) in [7, 11) is 3.13. The number of ketones is 1. The van der Waals surface area contributed by atoms with Crippen LogP contribution < -0.4 is 21.7 Å². The zero-order valence-electron chi connectivity index (χ0n) is 25.5. The molecule has 1 saturated heterocycles. The van der Waals surface area contributed by atoms with Gasteiger partial charge in [-0.3, -0.25) is 24.0 Å². The van der Waals surface area contributed by atoms with Crippen LogP contribution in [0.3, 0.4) is 0 Å². The molecule has 5 N–H and O–H groups in total. The van der Waals surface area contributed by atoms with E-state index >= 15 is 0 Å². The minimum absolute atomic E-state index is 0.0656.